The number of hydrogen-bond acceptors (Lipinski definition) is 16. The Kier molecular flexibility index (Phi) is 14.1. The van der Waals surface area contributed by atoms with Crippen LogP contribution in [0.25, 0.3) is 6.08 Å². The van der Waals surface area contributed by atoms with E-state index in [1.54, 1.807) is 13.0 Å². The number of furan rings is 1. The molecule has 1 fully saturated rings. The maximum Gasteiger partial charge on any atom is 0.433 e. The van der Waals surface area contributed by atoms with Crippen molar-refractivity contribution in [3.05, 3.63) is 45.9 Å². The van der Waals surface area contributed by atoms with Crippen LogP contribution in [0.15, 0.2) is 34.5 Å². The highest BCUT2D eigenvalue weighted by atomic mass is 28.4. The molecule has 3 heterocycles. The summed E-state index contributed by atoms with van der Waals surface area (Å²) in [7, 11) is -2.61. The van der Waals surface area contributed by atoms with E-state index < -0.39 is 98.8 Å². The number of esters is 4. The zero-order chi connectivity index (χ0) is 38.3. The Morgan fingerprint density at radius 1 is 0.922 bits per heavy atom. The average molecular weight is 742 g/mol. The van der Waals surface area contributed by atoms with Crippen LogP contribution in [0.2, 0.25) is 18.1 Å². The summed E-state index contributed by atoms with van der Waals surface area (Å²) in [6.45, 7) is 16.2. The van der Waals surface area contributed by atoms with Crippen LogP contribution >= 0.6 is 0 Å². The molecular formula is C33H47NO16Si. The normalized spacial score (nSPS) is 26.9. The summed E-state index contributed by atoms with van der Waals surface area (Å²) in [5.74, 6) is -3.15. The lowest BCUT2D eigenvalue weighted by atomic mass is 9.97. The lowest BCUT2D eigenvalue weighted by Gasteiger charge is -2.47. The van der Waals surface area contributed by atoms with Gasteiger partial charge in [-0.05, 0) is 43.3 Å². The van der Waals surface area contributed by atoms with Crippen molar-refractivity contribution >= 4 is 44.2 Å². The van der Waals surface area contributed by atoms with Gasteiger partial charge in [0, 0.05) is 40.4 Å². The van der Waals surface area contributed by atoms with Crippen molar-refractivity contribution in [1.29, 1.82) is 0 Å². The molecule has 51 heavy (non-hydrogen) atoms. The van der Waals surface area contributed by atoms with Crippen LogP contribution < -0.4 is 0 Å². The number of nitro groups is 1. The standard InChI is InChI=1S/C33H47NO16Si/c1-11-41-27-16-24(50-51(9,10)33(6,7)8)28(23(47-27)14-12-22-13-15-26(46-22)34(39)40)49-32-31(45-21(5)38)30(44-20(4)37)29(43-19(3)36)25(48-32)17-42-18(2)35/h12-16,23,25,27-32H,11,17H2,1-10H3/b14-12-/t23-,25-,27-,28+,29-,30+,31-,32+/m1/s1. The molecule has 3 rings (SSSR count). The molecule has 0 spiro atoms. The molecule has 284 valence electrons. The van der Waals surface area contributed by atoms with Crippen molar-refractivity contribution < 1.29 is 70.8 Å². The van der Waals surface area contributed by atoms with Gasteiger partial charge < -0.3 is 46.7 Å². The molecule has 1 aromatic heterocycles. The lowest BCUT2D eigenvalue weighted by Crippen LogP contribution is -2.64. The Bertz CT molecular complexity index is 1480. The molecule has 8 atom stereocenters. The van der Waals surface area contributed by atoms with Gasteiger partial charge in [-0.15, -0.1) is 0 Å². The smallest absolute Gasteiger partial charge is 0.433 e. The summed E-state index contributed by atoms with van der Waals surface area (Å²) in [6, 6.07) is 2.59. The Morgan fingerprint density at radius 3 is 2.06 bits per heavy atom. The van der Waals surface area contributed by atoms with Crippen molar-refractivity contribution in [2.75, 3.05) is 13.2 Å². The van der Waals surface area contributed by atoms with Crippen LogP contribution in [-0.2, 0) is 61.5 Å². The van der Waals surface area contributed by atoms with Gasteiger partial charge >= 0.3 is 29.8 Å². The Hall–Kier alpha value is -4.10. The maximum atomic E-state index is 12.5. The molecule has 0 aromatic carbocycles. The Labute approximate surface area is 296 Å². The molecule has 0 radical (unpaired) electrons. The van der Waals surface area contributed by atoms with Crippen LogP contribution in [0.5, 0.6) is 0 Å². The number of hydrogen-bond donors (Lipinski definition) is 0. The number of nitrogens with zero attached hydrogens (tertiary/aromatic N) is 1. The van der Waals surface area contributed by atoms with Crippen molar-refractivity contribution in [3.63, 3.8) is 0 Å². The molecule has 0 N–H and O–H groups in total. The fourth-order valence-corrected chi connectivity index (χ4v) is 5.98. The minimum atomic E-state index is -2.61. The number of carbonyl (C=O) groups is 4. The third-order valence-electron chi connectivity index (χ3n) is 8.15. The highest BCUT2D eigenvalue weighted by Crippen LogP contribution is 2.41. The molecule has 18 heteroatoms. The highest BCUT2D eigenvalue weighted by molar-refractivity contribution is 6.74. The van der Waals surface area contributed by atoms with E-state index in [1.165, 1.54) is 24.3 Å². The summed E-state index contributed by atoms with van der Waals surface area (Å²) >= 11 is 0. The van der Waals surface area contributed by atoms with Crippen molar-refractivity contribution in [1.82, 2.24) is 0 Å². The summed E-state index contributed by atoms with van der Waals surface area (Å²) in [6.07, 6.45) is -5.86. The van der Waals surface area contributed by atoms with Gasteiger partial charge in [0.05, 0.1) is 6.07 Å². The minimum absolute atomic E-state index is 0.130. The molecular weight excluding hydrogens is 694 g/mol. The van der Waals surface area contributed by atoms with Gasteiger partial charge in [-0.1, -0.05) is 20.8 Å². The molecule has 17 nitrogen and oxygen atoms in total. The minimum Gasteiger partial charge on any atom is -0.545 e. The molecule has 0 aliphatic carbocycles. The molecule has 1 saturated heterocycles. The second-order valence-corrected chi connectivity index (χ2v) is 18.0. The van der Waals surface area contributed by atoms with Gasteiger partial charge in [0.15, 0.2) is 30.9 Å². The second-order valence-electron chi connectivity index (χ2n) is 13.3. The number of carbonyl (C=O) groups excluding carboxylic acids is 4. The van der Waals surface area contributed by atoms with Crippen molar-refractivity contribution in [3.8, 4) is 0 Å². The van der Waals surface area contributed by atoms with Crippen LogP contribution in [0.4, 0.5) is 5.88 Å². The summed E-state index contributed by atoms with van der Waals surface area (Å²) in [5.41, 5.74) is 0. The fraction of sp³-hybridized carbons (Fsp3) is 0.636. The quantitative estimate of drug-likeness (QED) is 0.0854. The van der Waals surface area contributed by atoms with E-state index in [4.69, 9.17) is 46.7 Å². The molecule has 2 aliphatic heterocycles. The molecule has 1 aromatic rings. The van der Waals surface area contributed by atoms with E-state index in [0.29, 0.717) is 0 Å². The van der Waals surface area contributed by atoms with Crippen molar-refractivity contribution in [2.24, 2.45) is 0 Å². The van der Waals surface area contributed by atoms with E-state index in [9.17, 15) is 29.3 Å². The summed E-state index contributed by atoms with van der Waals surface area (Å²) in [5, 5.41) is 10.9. The van der Waals surface area contributed by atoms with E-state index in [-0.39, 0.29) is 23.2 Å². The lowest BCUT2D eigenvalue weighted by molar-refractivity contribution is -0.402. The topological polar surface area (TPSA) is 208 Å². The molecule has 0 saturated carbocycles. The SMILES string of the molecule is CCO[C@H]1C=C(O[Si](C)(C)C(C)(C)C)[C@@H](O[C@@H]2O[C@H](COC(C)=O)[C@@H](OC(C)=O)[C@H](OC(C)=O)[C@H]2OC(C)=O)[C@@H](/C=C\c2ccc([N+](=O)[O-])o2)O1. The maximum absolute atomic E-state index is 12.5. The predicted molar refractivity (Wildman–Crippen MR) is 178 cm³/mol. The molecule has 0 bridgehead atoms. The van der Waals surface area contributed by atoms with Gasteiger partial charge in [-0.2, -0.15) is 0 Å². The average Bonchev–Trinajstić information content (AvgIpc) is 3.47. The fourth-order valence-electron chi connectivity index (χ4n) is 4.90. The first-order chi connectivity index (χ1) is 23.7. The zero-order valence-corrected chi connectivity index (χ0v) is 31.4. The Balaban J connectivity index is 2.19. The number of rotatable bonds is 14. The second kappa shape index (κ2) is 17.4. The first-order valence-corrected chi connectivity index (χ1v) is 19.2. The van der Waals surface area contributed by atoms with Crippen LogP contribution in [0.3, 0.4) is 0 Å². The third kappa shape index (κ3) is 11.4. The highest BCUT2D eigenvalue weighted by Gasteiger charge is 2.54. The largest absolute Gasteiger partial charge is 0.545 e. The first kappa shape index (κ1) is 41.3. The molecule has 0 amide bonds. The monoisotopic (exact) mass is 741 g/mol. The van der Waals surface area contributed by atoms with E-state index in [0.717, 1.165) is 27.7 Å². The Morgan fingerprint density at radius 2 is 1.53 bits per heavy atom. The van der Waals surface area contributed by atoms with Gasteiger partial charge in [-0.25, -0.2) is 0 Å². The third-order valence-corrected chi connectivity index (χ3v) is 12.5. The van der Waals surface area contributed by atoms with Crippen LogP contribution in [0, 0.1) is 10.1 Å². The molecule has 2 aliphatic rings. The van der Waals surface area contributed by atoms with Gasteiger partial charge in [0.25, 0.3) is 0 Å². The van der Waals surface area contributed by atoms with Crippen LogP contribution in [0.1, 0.15) is 61.2 Å². The van der Waals surface area contributed by atoms with Gasteiger partial charge in [-0.3, -0.25) is 29.3 Å². The van der Waals surface area contributed by atoms with Crippen LogP contribution in [-0.4, -0.2) is 99.5 Å². The van der Waals surface area contributed by atoms with E-state index in [2.05, 4.69) is 0 Å². The first-order valence-electron chi connectivity index (χ1n) is 16.3. The van der Waals surface area contributed by atoms with Crippen molar-refractivity contribution in [2.45, 2.75) is 123 Å². The number of ether oxygens (including phenoxy) is 8. The predicted octanol–water partition coefficient (Wildman–Crippen LogP) is 4.34. The van der Waals surface area contributed by atoms with Gasteiger partial charge in [0.2, 0.25) is 8.32 Å². The van der Waals surface area contributed by atoms with E-state index in [1.807, 2.05) is 33.9 Å². The summed E-state index contributed by atoms with van der Waals surface area (Å²) in [4.78, 5) is 59.4. The van der Waals surface area contributed by atoms with E-state index >= 15 is 0 Å². The summed E-state index contributed by atoms with van der Waals surface area (Å²) < 4.78 is 58.7. The zero-order valence-electron chi connectivity index (χ0n) is 30.4. The van der Waals surface area contributed by atoms with Gasteiger partial charge in [0.1, 0.15) is 41.4 Å². The molecule has 0 unspecified atom stereocenters.